The molecule has 1 aromatic rings. The molecule has 2 N–H and O–H groups in total. The van der Waals surface area contributed by atoms with Crippen molar-refractivity contribution in [3.8, 4) is 0 Å². The molecule has 3 fully saturated rings. The lowest BCUT2D eigenvalue weighted by Crippen LogP contribution is -2.52. The van der Waals surface area contributed by atoms with Crippen molar-refractivity contribution >= 4 is 11.8 Å². The Morgan fingerprint density at radius 1 is 1.22 bits per heavy atom. The first kappa shape index (κ1) is 18.4. The third-order valence-electron chi connectivity index (χ3n) is 5.85. The van der Waals surface area contributed by atoms with Gasteiger partial charge in [0.25, 0.3) is 5.91 Å². The standard InChI is InChI=1S/C19H29N5O3/c25-18-13-27-16(9-20-19(26)17-3-6-21-22-17)12-24(18)11-15-4-7-23(8-5-15)10-14-1-2-14/h3,6,14-16H,1-2,4-5,7-13H2,(H,20,26)(H,21,22)/t16-/m1/s1. The van der Waals surface area contributed by atoms with Gasteiger partial charge < -0.3 is 19.9 Å². The minimum atomic E-state index is -0.206. The van der Waals surface area contributed by atoms with Crippen LogP contribution in [-0.2, 0) is 9.53 Å². The largest absolute Gasteiger partial charge is 0.365 e. The van der Waals surface area contributed by atoms with E-state index in [4.69, 9.17) is 4.74 Å². The van der Waals surface area contributed by atoms with Gasteiger partial charge in [-0.2, -0.15) is 5.10 Å². The molecular formula is C19H29N5O3. The summed E-state index contributed by atoms with van der Waals surface area (Å²) in [6, 6.07) is 1.63. The highest BCUT2D eigenvalue weighted by atomic mass is 16.5. The number of aromatic amines is 1. The molecule has 4 rings (SSSR count). The number of aromatic nitrogens is 2. The maximum absolute atomic E-state index is 12.2. The van der Waals surface area contributed by atoms with Crippen LogP contribution in [0.3, 0.4) is 0 Å². The van der Waals surface area contributed by atoms with Gasteiger partial charge in [-0.25, -0.2) is 0 Å². The number of nitrogens with zero attached hydrogens (tertiary/aromatic N) is 3. The van der Waals surface area contributed by atoms with E-state index in [1.807, 2.05) is 4.90 Å². The number of piperidine rings is 1. The van der Waals surface area contributed by atoms with Gasteiger partial charge in [0.15, 0.2) is 0 Å². The summed E-state index contributed by atoms with van der Waals surface area (Å²) in [5, 5.41) is 9.26. The number of hydrogen-bond acceptors (Lipinski definition) is 5. The highest BCUT2D eigenvalue weighted by Crippen LogP contribution is 2.31. The van der Waals surface area contributed by atoms with Gasteiger partial charge in [-0.1, -0.05) is 0 Å². The summed E-state index contributed by atoms with van der Waals surface area (Å²) in [7, 11) is 0. The second-order valence-electron chi connectivity index (χ2n) is 8.10. The summed E-state index contributed by atoms with van der Waals surface area (Å²) >= 11 is 0. The van der Waals surface area contributed by atoms with Crippen molar-refractivity contribution in [1.29, 1.82) is 0 Å². The lowest BCUT2D eigenvalue weighted by atomic mass is 9.95. The van der Waals surface area contributed by atoms with E-state index in [9.17, 15) is 9.59 Å². The normalized spacial score (nSPS) is 25.0. The van der Waals surface area contributed by atoms with E-state index in [2.05, 4.69) is 20.4 Å². The fraction of sp³-hybridized carbons (Fsp3) is 0.737. The van der Waals surface area contributed by atoms with Crippen molar-refractivity contribution in [2.24, 2.45) is 11.8 Å². The van der Waals surface area contributed by atoms with Crippen molar-refractivity contribution in [3.63, 3.8) is 0 Å². The van der Waals surface area contributed by atoms with E-state index in [-0.39, 0.29) is 24.5 Å². The van der Waals surface area contributed by atoms with Crippen LogP contribution in [-0.4, -0.2) is 83.8 Å². The van der Waals surface area contributed by atoms with Crippen LogP contribution in [0.5, 0.6) is 0 Å². The average Bonchev–Trinajstić information content (AvgIpc) is 3.31. The van der Waals surface area contributed by atoms with E-state index in [0.29, 0.717) is 24.7 Å². The molecule has 0 spiro atoms. The van der Waals surface area contributed by atoms with Crippen LogP contribution < -0.4 is 5.32 Å². The molecule has 8 heteroatoms. The Labute approximate surface area is 159 Å². The number of likely N-dealkylation sites (tertiary alicyclic amines) is 1. The molecule has 2 saturated heterocycles. The Bertz CT molecular complexity index is 638. The molecule has 3 heterocycles. The molecule has 148 valence electrons. The summed E-state index contributed by atoms with van der Waals surface area (Å²) in [6.07, 6.45) is 6.52. The number of rotatable bonds is 7. The average molecular weight is 375 g/mol. The molecule has 0 unspecified atom stereocenters. The minimum Gasteiger partial charge on any atom is -0.365 e. The first-order chi connectivity index (χ1) is 13.2. The molecule has 0 aromatic carbocycles. The Balaban J connectivity index is 1.20. The summed E-state index contributed by atoms with van der Waals surface area (Å²) in [5.41, 5.74) is 0.427. The fourth-order valence-corrected chi connectivity index (χ4v) is 3.99. The Morgan fingerprint density at radius 2 is 2.00 bits per heavy atom. The topological polar surface area (TPSA) is 90.6 Å². The number of amides is 2. The van der Waals surface area contributed by atoms with Crippen molar-refractivity contribution in [1.82, 2.24) is 25.3 Å². The molecular weight excluding hydrogens is 346 g/mol. The highest BCUT2D eigenvalue weighted by molar-refractivity contribution is 5.92. The summed E-state index contributed by atoms with van der Waals surface area (Å²) in [6.45, 7) is 5.43. The number of carbonyl (C=O) groups excluding carboxylic acids is 2. The number of H-pyrrole nitrogens is 1. The van der Waals surface area contributed by atoms with Gasteiger partial charge in [0.05, 0.1) is 6.10 Å². The van der Waals surface area contributed by atoms with E-state index in [0.717, 1.165) is 25.6 Å². The second kappa shape index (κ2) is 8.39. The zero-order valence-electron chi connectivity index (χ0n) is 15.7. The van der Waals surface area contributed by atoms with E-state index in [1.165, 1.54) is 32.2 Å². The van der Waals surface area contributed by atoms with Gasteiger partial charge in [-0.05, 0) is 56.7 Å². The monoisotopic (exact) mass is 375 g/mol. The summed E-state index contributed by atoms with van der Waals surface area (Å²) < 4.78 is 5.61. The number of nitrogens with one attached hydrogen (secondary N) is 2. The zero-order valence-corrected chi connectivity index (χ0v) is 15.7. The van der Waals surface area contributed by atoms with Crippen LogP contribution in [0.25, 0.3) is 0 Å². The molecule has 1 saturated carbocycles. The first-order valence-electron chi connectivity index (χ1n) is 10.1. The zero-order chi connectivity index (χ0) is 18.6. The van der Waals surface area contributed by atoms with Crippen LogP contribution in [0.15, 0.2) is 12.3 Å². The molecule has 2 amide bonds. The van der Waals surface area contributed by atoms with Crippen LogP contribution in [0.1, 0.15) is 36.2 Å². The number of hydrogen-bond donors (Lipinski definition) is 2. The number of morpholine rings is 1. The van der Waals surface area contributed by atoms with Crippen molar-refractivity contribution in [3.05, 3.63) is 18.0 Å². The molecule has 2 aliphatic heterocycles. The van der Waals surface area contributed by atoms with Crippen LogP contribution in [0.2, 0.25) is 0 Å². The third-order valence-corrected chi connectivity index (χ3v) is 5.85. The maximum atomic E-state index is 12.2. The van der Waals surface area contributed by atoms with E-state index < -0.39 is 0 Å². The van der Waals surface area contributed by atoms with Gasteiger partial charge in [-0.3, -0.25) is 14.7 Å². The Hall–Kier alpha value is -1.93. The smallest absolute Gasteiger partial charge is 0.269 e. The van der Waals surface area contributed by atoms with Gasteiger partial charge in [-0.15, -0.1) is 0 Å². The molecule has 27 heavy (non-hydrogen) atoms. The molecule has 0 radical (unpaired) electrons. The molecule has 3 aliphatic rings. The SMILES string of the molecule is O=C(NC[C@@H]1CN(CC2CCN(CC3CC3)CC2)C(=O)CO1)c1ccn[nH]1. The predicted molar refractivity (Wildman–Crippen MR) is 99.1 cm³/mol. The molecule has 1 atom stereocenters. The highest BCUT2D eigenvalue weighted by Gasteiger charge is 2.31. The summed E-state index contributed by atoms with van der Waals surface area (Å²) in [4.78, 5) is 28.8. The molecule has 8 nitrogen and oxygen atoms in total. The lowest BCUT2D eigenvalue weighted by Gasteiger charge is -2.38. The van der Waals surface area contributed by atoms with Gasteiger partial charge >= 0.3 is 0 Å². The molecule has 1 aliphatic carbocycles. The number of carbonyl (C=O) groups is 2. The Morgan fingerprint density at radius 3 is 2.70 bits per heavy atom. The minimum absolute atomic E-state index is 0.0616. The Kier molecular flexibility index (Phi) is 5.73. The first-order valence-corrected chi connectivity index (χ1v) is 10.1. The van der Waals surface area contributed by atoms with Crippen molar-refractivity contribution in [2.75, 3.05) is 45.9 Å². The quantitative estimate of drug-likeness (QED) is 0.724. The maximum Gasteiger partial charge on any atom is 0.269 e. The van der Waals surface area contributed by atoms with E-state index >= 15 is 0 Å². The number of ether oxygens (including phenoxy) is 1. The van der Waals surface area contributed by atoms with Gasteiger partial charge in [0.1, 0.15) is 12.3 Å². The lowest BCUT2D eigenvalue weighted by molar-refractivity contribution is -0.149. The van der Waals surface area contributed by atoms with Crippen LogP contribution in [0, 0.1) is 11.8 Å². The van der Waals surface area contributed by atoms with Gasteiger partial charge in [0.2, 0.25) is 5.91 Å². The molecule has 1 aromatic heterocycles. The van der Waals surface area contributed by atoms with E-state index in [1.54, 1.807) is 12.3 Å². The van der Waals surface area contributed by atoms with Gasteiger partial charge in [0, 0.05) is 32.4 Å². The van der Waals surface area contributed by atoms with Crippen molar-refractivity contribution < 1.29 is 14.3 Å². The van der Waals surface area contributed by atoms with Crippen molar-refractivity contribution in [2.45, 2.75) is 31.8 Å². The summed E-state index contributed by atoms with van der Waals surface area (Å²) in [5.74, 6) is 1.37. The predicted octanol–water partition coefficient (Wildman–Crippen LogP) is 0.489. The van der Waals surface area contributed by atoms with Crippen LogP contribution in [0.4, 0.5) is 0 Å². The third kappa shape index (κ3) is 5.07. The molecule has 0 bridgehead atoms. The fourth-order valence-electron chi connectivity index (χ4n) is 3.99. The second-order valence-corrected chi connectivity index (χ2v) is 8.10. The van der Waals surface area contributed by atoms with Crippen LogP contribution >= 0.6 is 0 Å².